The normalized spacial score (nSPS) is 15.5. The molecule has 0 unspecified atom stereocenters. The highest BCUT2D eigenvalue weighted by atomic mass is 32.1. The van der Waals surface area contributed by atoms with Crippen molar-refractivity contribution in [1.29, 1.82) is 0 Å². The van der Waals surface area contributed by atoms with Crippen molar-refractivity contribution in [3.63, 3.8) is 0 Å². The molecule has 2 N–H and O–H groups in total. The second-order valence-corrected chi connectivity index (χ2v) is 4.84. The average Bonchev–Trinajstić information content (AvgIpc) is 2.72. The van der Waals surface area contributed by atoms with Gasteiger partial charge in [0.15, 0.2) is 0 Å². The zero-order chi connectivity index (χ0) is 13.1. The van der Waals surface area contributed by atoms with Gasteiger partial charge in [0.25, 0.3) is 0 Å². The van der Waals surface area contributed by atoms with Crippen molar-refractivity contribution in [2.75, 3.05) is 31.6 Å². The number of carbonyl (C=O) groups is 2. The van der Waals surface area contributed by atoms with Crippen molar-refractivity contribution in [2.24, 2.45) is 0 Å². The molecule has 0 aromatic carbocycles. The summed E-state index contributed by atoms with van der Waals surface area (Å²) in [5.41, 5.74) is 1.16. The lowest BCUT2D eigenvalue weighted by Crippen LogP contribution is -2.43. The maximum atomic E-state index is 12.0. The Morgan fingerprint density at radius 1 is 1.44 bits per heavy atom. The van der Waals surface area contributed by atoms with Crippen molar-refractivity contribution in [3.05, 3.63) is 15.8 Å². The second kappa shape index (κ2) is 5.36. The van der Waals surface area contributed by atoms with Crippen LogP contribution in [0.2, 0.25) is 0 Å². The third-order valence-electron chi connectivity index (χ3n) is 2.70. The number of aromatic carboxylic acids is 1. The van der Waals surface area contributed by atoms with Crippen LogP contribution in [0.5, 0.6) is 0 Å². The number of hydrogen-bond acceptors (Lipinski definition) is 4. The van der Waals surface area contributed by atoms with Gasteiger partial charge in [-0.3, -0.25) is 0 Å². The summed E-state index contributed by atoms with van der Waals surface area (Å²) >= 11 is 1.12. The Morgan fingerprint density at radius 2 is 2.11 bits per heavy atom. The molecule has 1 fully saturated rings. The monoisotopic (exact) mass is 270 g/mol. The first kappa shape index (κ1) is 12.8. The quantitative estimate of drug-likeness (QED) is 0.856. The summed E-state index contributed by atoms with van der Waals surface area (Å²) in [5.74, 6) is -1.02. The van der Waals surface area contributed by atoms with E-state index >= 15 is 0 Å². The lowest BCUT2D eigenvalue weighted by atomic mass is 10.2. The largest absolute Gasteiger partial charge is 0.477 e. The molecule has 1 aromatic heterocycles. The molecule has 2 heterocycles. The third-order valence-corrected chi connectivity index (χ3v) is 3.79. The summed E-state index contributed by atoms with van der Waals surface area (Å²) < 4.78 is 5.16. The number of hydrogen-bond donors (Lipinski definition) is 2. The molecule has 6 nitrogen and oxygen atoms in total. The smallest absolute Gasteiger partial charge is 0.348 e. The van der Waals surface area contributed by atoms with E-state index in [0.29, 0.717) is 32.0 Å². The van der Waals surface area contributed by atoms with Crippen LogP contribution in [0.3, 0.4) is 0 Å². The number of ether oxygens (including phenoxy) is 1. The molecule has 2 rings (SSSR count). The molecule has 7 heteroatoms. The first-order valence-electron chi connectivity index (χ1n) is 5.54. The molecule has 0 bridgehead atoms. The molecule has 0 saturated carbocycles. The molecule has 1 aliphatic rings. The van der Waals surface area contributed by atoms with E-state index in [0.717, 1.165) is 16.9 Å². The van der Waals surface area contributed by atoms with Crippen LogP contribution >= 0.6 is 11.3 Å². The molecular formula is C11H14N2O4S. The number of aryl methyl sites for hydroxylation is 1. The van der Waals surface area contributed by atoms with E-state index in [9.17, 15) is 9.59 Å². The Labute approximate surface area is 108 Å². The predicted octanol–water partition coefficient (Wildman–Crippen LogP) is 1.62. The maximum absolute atomic E-state index is 12.0. The van der Waals surface area contributed by atoms with Crippen LogP contribution < -0.4 is 5.32 Å². The maximum Gasteiger partial charge on any atom is 0.348 e. The molecule has 2 amide bonds. The lowest BCUT2D eigenvalue weighted by molar-refractivity contribution is 0.0564. The van der Waals surface area contributed by atoms with Crippen LogP contribution in [0.4, 0.5) is 10.5 Å². The summed E-state index contributed by atoms with van der Waals surface area (Å²) in [5, 5.41) is 13.4. The summed E-state index contributed by atoms with van der Waals surface area (Å²) in [4.78, 5) is 24.8. The second-order valence-electron chi connectivity index (χ2n) is 3.96. The van der Waals surface area contributed by atoms with E-state index in [1.165, 1.54) is 0 Å². The van der Waals surface area contributed by atoms with E-state index in [1.807, 2.05) is 0 Å². The molecule has 0 spiro atoms. The van der Waals surface area contributed by atoms with Gasteiger partial charge >= 0.3 is 12.0 Å². The number of carboxylic acid groups (broad SMARTS) is 1. The van der Waals surface area contributed by atoms with Gasteiger partial charge in [-0.1, -0.05) is 0 Å². The number of nitrogens with one attached hydrogen (secondary N) is 1. The number of nitrogens with zero attached hydrogens (tertiary/aromatic N) is 1. The van der Waals surface area contributed by atoms with Crippen molar-refractivity contribution in [2.45, 2.75) is 6.92 Å². The number of thiophene rings is 1. The average molecular weight is 270 g/mol. The Morgan fingerprint density at radius 3 is 2.72 bits per heavy atom. The van der Waals surface area contributed by atoms with Gasteiger partial charge in [0.1, 0.15) is 4.88 Å². The standard InChI is InChI=1S/C11H14N2O4S/c1-7-6-18-9(10(14)15)8(7)12-11(16)13-2-4-17-5-3-13/h6H,2-5H2,1H3,(H,12,16)(H,14,15). The number of anilines is 1. The molecule has 1 aliphatic heterocycles. The van der Waals surface area contributed by atoms with E-state index in [1.54, 1.807) is 17.2 Å². The number of amides is 2. The van der Waals surface area contributed by atoms with E-state index in [-0.39, 0.29) is 10.9 Å². The Kier molecular flexibility index (Phi) is 3.83. The van der Waals surface area contributed by atoms with Crippen molar-refractivity contribution < 1.29 is 19.4 Å². The van der Waals surface area contributed by atoms with Crippen molar-refractivity contribution in [3.8, 4) is 0 Å². The first-order valence-corrected chi connectivity index (χ1v) is 6.42. The summed E-state index contributed by atoms with van der Waals surface area (Å²) in [7, 11) is 0. The van der Waals surface area contributed by atoms with Gasteiger partial charge in [-0.2, -0.15) is 0 Å². The fourth-order valence-electron chi connectivity index (χ4n) is 1.71. The van der Waals surface area contributed by atoms with Crippen LogP contribution in [0, 0.1) is 6.92 Å². The topological polar surface area (TPSA) is 78.9 Å². The molecule has 0 atom stereocenters. The molecule has 98 valence electrons. The minimum Gasteiger partial charge on any atom is -0.477 e. The van der Waals surface area contributed by atoms with Gasteiger partial charge in [0.05, 0.1) is 18.9 Å². The fraction of sp³-hybridized carbons (Fsp3) is 0.455. The highest BCUT2D eigenvalue weighted by Crippen LogP contribution is 2.27. The van der Waals surface area contributed by atoms with Crippen molar-refractivity contribution in [1.82, 2.24) is 4.90 Å². The van der Waals surface area contributed by atoms with Gasteiger partial charge in [0, 0.05) is 13.1 Å². The number of carbonyl (C=O) groups excluding carboxylic acids is 1. The number of carboxylic acids is 1. The number of morpholine rings is 1. The van der Waals surface area contributed by atoms with E-state index in [4.69, 9.17) is 9.84 Å². The molecule has 1 aromatic rings. The number of rotatable bonds is 2. The zero-order valence-corrected chi connectivity index (χ0v) is 10.7. The molecule has 0 radical (unpaired) electrons. The molecule has 0 aliphatic carbocycles. The van der Waals surface area contributed by atoms with Crippen LogP contribution in [-0.2, 0) is 4.74 Å². The van der Waals surface area contributed by atoms with Crippen LogP contribution in [0.15, 0.2) is 5.38 Å². The van der Waals surface area contributed by atoms with Gasteiger partial charge in [-0.05, 0) is 17.9 Å². The van der Waals surface area contributed by atoms with Gasteiger partial charge < -0.3 is 20.1 Å². The summed E-state index contributed by atoms with van der Waals surface area (Å²) in [6.07, 6.45) is 0. The van der Waals surface area contributed by atoms with Crippen LogP contribution in [0.1, 0.15) is 15.2 Å². The Balaban J connectivity index is 2.10. The van der Waals surface area contributed by atoms with E-state index < -0.39 is 5.97 Å². The SMILES string of the molecule is Cc1csc(C(=O)O)c1NC(=O)N1CCOCC1. The van der Waals surface area contributed by atoms with Gasteiger partial charge in [0.2, 0.25) is 0 Å². The van der Waals surface area contributed by atoms with Gasteiger partial charge in [-0.15, -0.1) is 11.3 Å². The molecule has 1 saturated heterocycles. The fourth-order valence-corrected chi connectivity index (χ4v) is 2.55. The summed E-state index contributed by atoms with van der Waals surface area (Å²) in [6.45, 7) is 3.86. The van der Waals surface area contributed by atoms with E-state index in [2.05, 4.69) is 5.32 Å². The third kappa shape index (κ3) is 2.62. The van der Waals surface area contributed by atoms with Crippen molar-refractivity contribution >= 4 is 29.0 Å². The summed E-state index contributed by atoms with van der Waals surface area (Å²) in [6, 6.07) is -0.276. The molecular weight excluding hydrogens is 256 g/mol. The lowest BCUT2D eigenvalue weighted by Gasteiger charge is -2.27. The van der Waals surface area contributed by atoms with Crippen LogP contribution in [-0.4, -0.2) is 48.3 Å². The number of urea groups is 1. The van der Waals surface area contributed by atoms with Gasteiger partial charge in [-0.25, -0.2) is 9.59 Å². The highest BCUT2D eigenvalue weighted by Gasteiger charge is 2.21. The Hall–Kier alpha value is -1.60. The highest BCUT2D eigenvalue weighted by molar-refractivity contribution is 7.12. The predicted molar refractivity (Wildman–Crippen MR) is 67.4 cm³/mol. The first-order chi connectivity index (χ1) is 8.59. The minimum atomic E-state index is -1.02. The minimum absolute atomic E-state index is 0.161. The molecule has 18 heavy (non-hydrogen) atoms. The van der Waals surface area contributed by atoms with Crippen LogP contribution in [0.25, 0.3) is 0 Å². The Bertz CT molecular complexity index is 466. The zero-order valence-electron chi connectivity index (χ0n) is 9.93.